The summed E-state index contributed by atoms with van der Waals surface area (Å²) in [6.07, 6.45) is 1.55. The lowest BCUT2D eigenvalue weighted by Gasteiger charge is -2.08. The van der Waals surface area contributed by atoms with Crippen LogP contribution in [-0.4, -0.2) is 27.4 Å². The minimum atomic E-state index is -0.298. The SMILES string of the molecule is COc1cc(-c2ccc(CO)cn2)cc(O)c1O. The Morgan fingerprint density at radius 1 is 1.22 bits per heavy atom. The van der Waals surface area contributed by atoms with E-state index in [2.05, 4.69) is 4.98 Å². The fourth-order valence-corrected chi connectivity index (χ4v) is 1.59. The largest absolute Gasteiger partial charge is 0.504 e. The maximum absolute atomic E-state index is 9.58. The van der Waals surface area contributed by atoms with E-state index in [9.17, 15) is 10.2 Å². The quantitative estimate of drug-likeness (QED) is 0.718. The molecule has 0 spiro atoms. The zero-order chi connectivity index (χ0) is 13.1. The number of phenols is 2. The number of ether oxygens (including phenoxy) is 1. The molecule has 94 valence electrons. The highest BCUT2D eigenvalue weighted by Gasteiger charge is 2.11. The van der Waals surface area contributed by atoms with Gasteiger partial charge in [-0.15, -0.1) is 0 Å². The van der Waals surface area contributed by atoms with E-state index in [4.69, 9.17) is 9.84 Å². The molecule has 1 heterocycles. The van der Waals surface area contributed by atoms with Crippen LogP contribution in [0.5, 0.6) is 17.2 Å². The van der Waals surface area contributed by atoms with Gasteiger partial charge in [-0.1, -0.05) is 6.07 Å². The molecule has 2 rings (SSSR count). The summed E-state index contributed by atoms with van der Waals surface area (Å²) in [6.45, 7) is -0.0720. The van der Waals surface area contributed by atoms with Gasteiger partial charge < -0.3 is 20.1 Å². The van der Waals surface area contributed by atoms with E-state index in [1.807, 2.05) is 0 Å². The van der Waals surface area contributed by atoms with Gasteiger partial charge >= 0.3 is 0 Å². The van der Waals surface area contributed by atoms with Gasteiger partial charge in [0, 0.05) is 11.8 Å². The fraction of sp³-hybridized carbons (Fsp3) is 0.154. The van der Waals surface area contributed by atoms with Crippen LogP contribution < -0.4 is 4.74 Å². The minimum Gasteiger partial charge on any atom is -0.504 e. The number of methoxy groups -OCH3 is 1. The smallest absolute Gasteiger partial charge is 0.200 e. The Morgan fingerprint density at radius 3 is 2.56 bits per heavy atom. The average Bonchev–Trinajstić information content (AvgIpc) is 2.42. The standard InChI is InChI=1S/C13H13NO4/c1-18-12-5-9(4-11(16)13(12)17)10-3-2-8(7-15)6-14-10/h2-6,15-17H,7H2,1H3. The number of nitrogens with zero attached hydrogens (tertiary/aromatic N) is 1. The third-order valence-electron chi connectivity index (χ3n) is 2.58. The van der Waals surface area contributed by atoms with Crippen molar-refractivity contribution < 1.29 is 20.1 Å². The van der Waals surface area contributed by atoms with Gasteiger partial charge in [0.1, 0.15) is 0 Å². The monoisotopic (exact) mass is 247 g/mol. The molecule has 0 amide bonds. The first-order valence-electron chi connectivity index (χ1n) is 5.32. The van der Waals surface area contributed by atoms with Crippen molar-refractivity contribution in [3.05, 3.63) is 36.0 Å². The summed E-state index contributed by atoms with van der Waals surface area (Å²) in [5.74, 6) is -0.386. The van der Waals surface area contributed by atoms with E-state index >= 15 is 0 Å². The van der Waals surface area contributed by atoms with Gasteiger partial charge in [-0.05, 0) is 23.8 Å². The van der Waals surface area contributed by atoms with Crippen LogP contribution in [0.2, 0.25) is 0 Å². The molecule has 0 aliphatic carbocycles. The second-order valence-corrected chi connectivity index (χ2v) is 3.76. The molecular weight excluding hydrogens is 234 g/mol. The van der Waals surface area contributed by atoms with Gasteiger partial charge in [0.15, 0.2) is 11.5 Å². The van der Waals surface area contributed by atoms with Crippen molar-refractivity contribution in [2.75, 3.05) is 7.11 Å². The lowest BCUT2D eigenvalue weighted by molar-refractivity contribution is 0.281. The van der Waals surface area contributed by atoms with Crippen molar-refractivity contribution in [3.8, 4) is 28.5 Å². The van der Waals surface area contributed by atoms with Gasteiger partial charge in [-0.3, -0.25) is 4.98 Å². The Kier molecular flexibility index (Phi) is 3.34. The van der Waals surface area contributed by atoms with Crippen molar-refractivity contribution in [2.24, 2.45) is 0 Å². The molecule has 0 atom stereocenters. The number of aliphatic hydroxyl groups excluding tert-OH is 1. The second-order valence-electron chi connectivity index (χ2n) is 3.76. The maximum atomic E-state index is 9.58. The van der Waals surface area contributed by atoms with Gasteiger partial charge in [0.25, 0.3) is 0 Å². The van der Waals surface area contributed by atoms with E-state index in [0.29, 0.717) is 16.8 Å². The topological polar surface area (TPSA) is 82.8 Å². The normalized spacial score (nSPS) is 10.3. The third-order valence-corrected chi connectivity index (χ3v) is 2.58. The van der Waals surface area contributed by atoms with Crippen molar-refractivity contribution in [2.45, 2.75) is 6.61 Å². The van der Waals surface area contributed by atoms with E-state index in [1.165, 1.54) is 13.2 Å². The molecule has 0 bridgehead atoms. The zero-order valence-corrected chi connectivity index (χ0v) is 9.79. The highest BCUT2D eigenvalue weighted by atomic mass is 16.5. The highest BCUT2D eigenvalue weighted by molar-refractivity contribution is 5.67. The van der Waals surface area contributed by atoms with E-state index in [1.54, 1.807) is 24.4 Å². The van der Waals surface area contributed by atoms with Crippen LogP contribution in [-0.2, 0) is 6.61 Å². The van der Waals surface area contributed by atoms with Gasteiger partial charge in [-0.25, -0.2) is 0 Å². The number of hydrogen-bond donors (Lipinski definition) is 3. The van der Waals surface area contributed by atoms with Crippen molar-refractivity contribution >= 4 is 0 Å². The predicted molar refractivity (Wildman–Crippen MR) is 65.5 cm³/mol. The summed E-state index contributed by atoms with van der Waals surface area (Å²) in [5, 5.41) is 28.0. The summed E-state index contributed by atoms with van der Waals surface area (Å²) in [4.78, 5) is 4.16. The number of benzene rings is 1. The molecule has 2 aromatic rings. The van der Waals surface area contributed by atoms with Crippen LogP contribution in [0.25, 0.3) is 11.3 Å². The number of hydrogen-bond acceptors (Lipinski definition) is 5. The van der Waals surface area contributed by atoms with Crippen LogP contribution in [0.1, 0.15) is 5.56 Å². The number of aromatic nitrogens is 1. The molecule has 1 aromatic heterocycles. The minimum absolute atomic E-state index is 0.0720. The van der Waals surface area contributed by atoms with E-state index < -0.39 is 0 Å². The lowest BCUT2D eigenvalue weighted by Crippen LogP contribution is -1.90. The van der Waals surface area contributed by atoms with Gasteiger partial charge in [0.05, 0.1) is 19.4 Å². The molecule has 5 nitrogen and oxygen atoms in total. The molecule has 0 aliphatic heterocycles. The predicted octanol–water partition coefficient (Wildman–Crippen LogP) is 1.66. The molecular formula is C13H13NO4. The van der Waals surface area contributed by atoms with E-state index in [-0.39, 0.29) is 23.9 Å². The van der Waals surface area contributed by atoms with Gasteiger partial charge in [-0.2, -0.15) is 0 Å². The lowest BCUT2D eigenvalue weighted by atomic mass is 10.1. The molecule has 0 saturated carbocycles. The molecule has 0 radical (unpaired) electrons. The second kappa shape index (κ2) is 4.93. The molecule has 18 heavy (non-hydrogen) atoms. The average molecular weight is 247 g/mol. The van der Waals surface area contributed by atoms with Crippen molar-refractivity contribution in [1.82, 2.24) is 4.98 Å². The van der Waals surface area contributed by atoms with Gasteiger partial charge in [0.2, 0.25) is 5.75 Å². The van der Waals surface area contributed by atoms with Crippen LogP contribution in [0.3, 0.4) is 0 Å². The van der Waals surface area contributed by atoms with Crippen LogP contribution in [0.4, 0.5) is 0 Å². The van der Waals surface area contributed by atoms with Crippen LogP contribution in [0.15, 0.2) is 30.5 Å². The number of rotatable bonds is 3. The Morgan fingerprint density at radius 2 is 2.00 bits per heavy atom. The Bertz CT molecular complexity index is 552. The first-order chi connectivity index (χ1) is 8.65. The van der Waals surface area contributed by atoms with Crippen LogP contribution in [0, 0.1) is 0 Å². The molecule has 1 aromatic carbocycles. The number of aliphatic hydroxyl groups is 1. The molecule has 5 heteroatoms. The molecule has 3 N–H and O–H groups in total. The summed E-state index contributed by atoms with van der Waals surface area (Å²) in [5.41, 5.74) is 1.93. The molecule has 0 saturated heterocycles. The number of phenolic OH excluding ortho intramolecular Hbond substituents is 2. The number of pyridine rings is 1. The summed E-state index contributed by atoms with van der Waals surface area (Å²) in [6, 6.07) is 6.43. The van der Waals surface area contributed by atoms with Crippen LogP contribution >= 0.6 is 0 Å². The highest BCUT2D eigenvalue weighted by Crippen LogP contribution is 2.39. The number of aromatic hydroxyl groups is 2. The first-order valence-corrected chi connectivity index (χ1v) is 5.32. The van der Waals surface area contributed by atoms with Crippen molar-refractivity contribution in [3.63, 3.8) is 0 Å². The summed E-state index contributed by atoms with van der Waals surface area (Å²) in [7, 11) is 1.40. The van der Waals surface area contributed by atoms with Crippen molar-refractivity contribution in [1.29, 1.82) is 0 Å². The summed E-state index contributed by atoms with van der Waals surface area (Å²) >= 11 is 0. The Balaban J connectivity index is 2.46. The zero-order valence-electron chi connectivity index (χ0n) is 9.79. The van der Waals surface area contributed by atoms with E-state index in [0.717, 1.165) is 0 Å². The third kappa shape index (κ3) is 2.21. The maximum Gasteiger partial charge on any atom is 0.200 e. The molecule has 0 aliphatic rings. The molecule has 0 fully saturated rings. The Hall–Kier alpha value is -2.27. The summed E-state index contributed by atoms with van der Waals surface area (Å²) < 4.78 is 4.96. The first kappa shape index (κ1) is 12.2. The Labute approximate surface area is 104 Å². The fourth-order valence-electron chi connectivity index (χ4n) is 1.59. The molecule has 0 unspecified atom stereocenters.